The number of piperidine rings is 1. The summed E-state index contributed by atoms with van der Waals surface area (Å²) in [4.78, 5) is 4.70. The number of imidazole rings is 1. The lowest BCUT2D eigenvalue weighted by Crippen LogP contribution is -2.41. The van der Waals surface area contributed by atoms with Crippen molar-refractivity contribution < 1.29 is 9.13 Å². The fraction of sp³-hybridized carbons (Fsp3) is 0.350. The Balaban J connectivity index is 0.00000131. The summed E-state index contributed by atoms with van der Waals surface area (Å²) < 4.78 is 21.6. The Bertz CT molecular complexity index is 869. The summed E-state index contributed by atoms with van der Waals surface area (Å²) in [5.74, 6) is 0.215. The Kier molecular flexibility index (Phi) is 7.48. The van der Waals surface area contributed by atoms with Gasteiger partial charge in [0.2, 0.25) is 0 Å². The van der Waals surface area contributed by atoms with E-state index in [2.05, 4.69) is 16.8 Å². The van der Waals surface area contributed by atoms with Crippen LogP contribution in [0.1, 0.15) is 18.9 Å². The maximum atomic E-state index is 13.2. The van der Waals surface area contributed by atoms with Crippen LogP contribution in [0.5, 0.6) is 6.01 Å². The highest BCUT2D eigenvalue weighted by Gasteiger charge is 2.25. The van der Waals surface area contributed by atoms with E-state index < -0.39 is 0 Å². The van der Waals surface area contributed by atoms with Crippen molar-refractivity contribution in [3.8, 4) is 6.01 Å². The molecule has 2 aromatic carbocycles. The first-order valence-corrected chi connectivity index (χ1v) is 8.78. The summed E-state index contributed by atoms with van der Waals surface area (Å²) in [5, 5.41) is 3.39. The van der Waals surface area contributed by atoms with Crippen LogP contribution in [0.4, 0.5) is 4.39 Å². The van der Waals surface area contributed by atoms with Gasteiger partial charge in [0, 0.05) is 12.5 Å². The predicted octanol–water partition coefficient (Wildman–Crippen LogP) is 4.44. The first-order valence-electron chi connectivity index (χ1n) is 8.78. The zero-order valence-corrected chi connectivity index (χ0v) is 16.7. The van der Waals surface area contributed by atoms with Crippen molar-refractivity contribution in [1.82, 2.24) is 14.9 Å². The molecule has 1 aliphatic heterocycles. The van der Waals surface area contributed by atoms with Gasteiger partial charge in [0.15, 0.2) is 0 Å². The third-order valence-electron chi connectivity index (χ3n) is 4.84. The Hall–Kier alpha value is -1.82. The summed E-state index contributed by atoms with van der Waals surface area (Å²) in [6.07, 6.45) is 1.13. The second kappa shape index (κ2) is 9.40. The van der Waals surface area contributed by atoms with Crippen molar-refractivity contribution in [2.45, 2.75) is 26.0 Å². The average Bonchev–Trinajstić information content (AvgIpc) is 2.96. The van der Waals surface area contributed by atoms with Crippen LogP contribution in [0.3, 0.4) is 0 Å². The second-order valence-electron chi connectivity index (χ2n) is 6.72. The molecule has 0 radical (unpaired) electrons. The summed E-state index contributed by atoms with van der Waals surface area (Å²) in [6, 6.07) is 15.3. The maximum Gasteiger partial charge on any atom is 0.297 e. The molecular formula is C20H24Cl2FN3O. The van der Waals surface area contributed by atoms with Gasteiger partial charge < -0.3 is 10.1 Å². The normalized spacial score (nSPS) is 19.2. The number of hydrogen-bond donors (Lipinski definition) is 1. The lowest BCUT2D eigenvalue weighted by atomic mass is 9.98. The van der Waals surface area contributed by atoms with Gasteiger partial charge in [-0.2, -0.15) is 4.98 Å². The number of ether oxygens (including phenoxy) is 1. The summed E-state index contributed by atoms with van der Waals surface area (Å²) in [6.45, 7) is 4.73. The van der Waals surface area contributed by atoms with Crippen molar-refractivity contribution in [2.75, 3.05) is 13.1 Å². The minimum Gasteiger partial charge on any atom is -0.461 e. The van der Waals surface area contributed by atoms with Gasteiger partial charge in [0.05, 0.1) is 17.6 Å². The van der Waals surface area contributed by atoms with E-state index in [1.54, 1.807) is 12.1 Å². The molecule has 2 atom stereocenters. The van der Waals surface area contributed by atoms with Crippen molar-refractivity contribution in [3.63, 3.8) is 0 Å². The molecule has 1 N–H and O–H groups in total. The number of para-hydroxylation sites is 2. The van der Waals surface area contributed by atoms with Gasteiger partial charge in [0.25, 0.3) is 6.01 Å². The molecule has 4 rings (SSSR count). The molecule has 0 aliphatic carbocycles. The smallest absolute Gasteiger partial charge is 0.297 e. The number of nitrogens with one attached hydrogen (secondary N) is 1. The van der Waals surface area contributed by atoms with Gasteiger partial charge in [-0.3, -0.25) is 4.57 Å². The van der Waals surface area contributed by atoms with E-state index in [1.807, 2.05) is 24.3 Å². The third kappa shape index (κ3) is 4.72. The van der Waals surface area contributed by atoms with Crippen LogP contribution in [0.15, 0.2) is 48.5 Å². The fourth-order valence-corrected chi connectivity index (χ4v) is 3.37. The number of benzene rings is 2. The molecule has 27 heavy (non-hydrogen) atoms. The SMILES string of the molecule is CC1CNCCC1Oc1nc2ccccc2n1Cc1ccc(F)cc1.Cl.Cl. The van der Waals surface area contributed by atoms with Crippen LogP contribution >= 0.6 is 24.8 Å². The van der Waals surface area contributed by atoms with Gasteiger partial charge in [0.1, 0.15) is 11.9 Å². The van der Waals surface area contributed by atoms with Crippen molar-refractivity contribution in [3.05, 3.63) is 59.9 Å². The van der Waals surface area contributed by atoms with E-state index in [-0.39, 0.29) is 36.7 Å². The monoisotopic (exact) mass is 411 g/mol. The summed E-state index contributed by atoms with van der Waals surface area (Å²) >= 11 is 0. The van der Waals surface area contributed by atoms with Gasteiger partial charge in [-0.15, -0.1) is 24.8 Å². The van der Waals surface area contributed by atoms with Crippen LogP contribution < -0.4 is 10.1 Å². The summed E-state index contributed by atoms with van der Waals surface area (Å²) in [5.41, 5.74) is 2.97. The number of nitrogens with zero attached hydrogens (tertiary/aromatic N) is 2. The molecule has 1 fully saturated rings. The van der Waals surface area contributed by atoms with Crippen molar-refractivity contribution >= 4 is 35.8 Å². The largest absolute Gasteiger partial charge is 0.461 e. The molecule has 4 nitrogen and oxygen atoms in total. The van der Waals surface area contributed by atoms with Crippen LogP contribution in [0.25, 0.3) is 11.0 Å². The van der Waals surface area contributed by atoms with Crippen molar-refractivity contribution in [2.24, 2.45) is 5.92 Å². The van der Waals surface area contributed by atoms with Gasteiger partial charge in [-0.25, -0.2) is 4.39 Å². The van der Waals surface area contributed by atoms with Crippen LogP contribution in [0.2, 0.25) is 0 Å². The third-order valence-corrected chi connectivity index (χ3v) is 4.84. The van der Waals surface area contributed by atoms with Crippen LogP contribution in [-0.4, -0.2) is 28.7 Å². The molecule has 7 heteroatoms. The summed E-state index contributed by atoms with van der Waals surface area (Å²) in [7, 11) is 0. The second-order valence-corrected chi connectivity index (χ2v) is 6.72. The number of rotatable bonds is 4. The Labute approximate surface area is 170 Å². The molecule has 3 aromatic rings. The predicted molar refractivity (Wildman–Crippen MR) is 111 cm³/mol. The zero-order valence-electron chi connectivity index (χ0n) is 15.1. The minimum atomic E-state index is -0.223. The van der Waals surface area contributed by atoms with Gasteiger partial charge >= 0.3 is 0 Å². The standard InChI is InChI=1S/C20H22FN3O.2ClH/c1-14-12-22-11-10-19(14)25-20-23-17-4-2-3-5-18(17)24(20)13-15-6-8-16(21)9-7-15;;/h2-9,14,19,22H,10-13H2,1H3;2*1H. The minimum absolute atomic E-state index is 0. The molecule has 2 unspecified atom stereocenters. The zero-order chi connectivity index (χ0) is 17.2. The first kappa shape index (κ1) is 21.5. The Morgan fingerprint density at radius 1 is 1.15 bits per heavy atom. The molecule has 1 saturated heterocycles. The number of hydrogen-bond acceptors (Lipinski definition) is 3. The molecule has 0 amide bonds. The molecular weight excluding hydrogens is 388 g/mol. The van der Waals surface area contributed by atoms with E-state index >= 15 is 0 Å². The molecule has 0 bridgehead atoms. The molecule has 0 saturated carbocycles. The lowest BCUT2D eigenvalue weighted by molar-refractivity contribution is 0.0976. The van der Waals surface area contributed by atoms with E-state index in [0.717, 1.165) is 36.1 Å². The number of aromatic nitrogens is 2. The quantitative estimate of drug-likeness (QED) is 0.689. The number of fused-ring (bicyclic) bond motifs is 1. The van der Waals surface area contributed by atoms with Crippen molar-refractivity contribution in [1.29, 1.82) is 0 Å². The Morgan fingerprint density at radius 2 is 1.89 bits per heavy atom. The molecule has 2 heterocycles. The first-order chi connectivity index (χ1) is 12.2. The van der Waals surface area contributed by atoms with Crippen LogP contribution in [-0.2, 0) is 6.54 Å². The topological polar surface area (TPSA) is 39.1 Å². The fourth-order valence-electron chi connectivity index (χ4n) is 3.37. The van der Waals surface area contributed by atoms with Gasteiger partial charge in [-0.1, -0.05) is 31.2 Å². The van der Waals surface area contributed by atoms with Crippen LogP contribution in [0, 0.1) is 11.7 Å². The highest BCUT2D eigenvalue weighted by Crippen LogP contribution is 2.26. The number of halogens is 3. The molecule has 0 spiro atoms. The van der Waals surface area contributed by atoms with E-state index in [0.29, 0.717) is 18.5 Å². The Morgan fingerprint density at radius 3 is 2.63 bits per heavy atom. The maximum absolute atomic E-state index is 13.2. The van der Waals surface area contributed by atoms with Gasteiger partial charge in [-0.05, 0) is 42.8 Å². The van der Waals surface area contributed by atoms with E-state index in [4.69, 9.17) is 9.72 Å². The highest BCUT2D eigenvalue weighted by atomic mass is 35.5. The molecule has 146 valence electrons. The van der Waals surface area contributed by atoms with E-state index in [1.165, 1.54) is 12.1 Å². The highest BCUT2D eigenvalue weighted by molar-refractivity contribution is 5.85. The average molecular weight is 412 g/mol. The molecule has 1 aliphatic rings. The van der Waals surface area contributed by atoms with E-state index in [9.17, 15) is 4.39 Å². The lowest BCUT2D eigenvalue weighted by Gasteiger charge is -2.29. The molecule has 1 aromatic heterocycles.